The molecule has 0 N–H and O–H groups in total. The molecule has 0 amide bonds. The van der Waals surface area contributed by atoms with Gasteiger partial charge in [0, 0.05) is 10.6 Å². The molecule has 4 heteroatoms. The number of fused-ring (bicyclic) bond motifs is 1. The van der Waals surface area contributed by atoms with Crippen molar-refractivity contribution in [2.45, 2.75) is 13.5 Å². The van der Waals surface area contributed by atoms with Crippen molar-refractivity contribution in [3.63, 3.8) is 0 Å². The van der Waals surface area contributed by atoms with Crippen LogP contribution in [-0.4, -0.2) is 9.55 Å². The van der Waals surface area contributed by atoms with Crippen LogP contribution in [0.4, 0.5) is 0 Å². The zero-order valence-electron chi connectivity index (χ0n) is 12.7. The molecule has 114 valence electrons. The van der Waals surface area contributed by atoms with Gasteiger partial charge in [-0.1, -0.05) is 35.4 Å². The molecule has 2 aromatic heterocycles. The predicted molar refractivity (Wildman–Crippen MR) is 92.7 cm³/mol. The van der Waals surface area contributed by atoms with Gasteiger partial charge in [-0.2, -0.15) is 0 Å². The number of furan rings is 1. The second-order valence-electron chi connectivity index (χ2n) is 5.60. The fraction of sp³-hybridized carbons (Fsp3) is 0.105. The van der Waals surface area contributed by atoms with Gasteiger partial charge in [0.2, 0.25) is 0 Å². The molecule has 3 nitrogen and oxygen atoms in total. The van der Waals surface area contributed by atoms with Gasteiger partial charge in [-0.15, -0.1) is 0 Å². The minimum Gasteiger partial charge on any atom is -0.467 e. The minimum atomic E-state index is 0.618. The third-order valence-corrected chi connectivity index (χ3v) is 4.12. The van der Waals surface area contributed by atoms with E-state index in [2.05, 4.69) is 29.7 Å². The van der Waals surface area contributed by atoms with Gasteiger partial charge in [-0.25, -0.2) is 4.98 Å². The van der Waals surface area contributed by atoms with E-state index < -0.39 is 0 Å². The highest BCUT2D eigenvalue weighted by atomic mass is 35.5. The summed E-state index contributed by atoms with van der Waals surface area (Å²) in [4.78, 5) is 4.81. The van der Waals surface area contributed by atoms with Crippen molar-refractivity contribution in [1.29, 1.82) is 0 Å². The fourth-order valence-electron chi connectivity index (χ4n) is 2.82. The van der Waals surface area contributed by atoms with Crippen molar-refractivity contribution in [2.24, 2.45) is 0 Å². The Morgan fingerprint density at radius 1 is 1.09 bits per heavy atom. The van der Waals surface area contributed by atoms with Crippen LogP contribution >= 0.6 is 11.6 Å². The predicted octanol–water partition coefficient (Wildman–Crippen LogP) is 5.31. The van der Waals surface area contributed by atoms with E-state index in [0.29, 0.717) is 11.6 Å². The van der Waals surface area contributed by atoms with Crippen LogP contribution in [0.3, 0.4) is 0 Å². The number of rotatable bonds is 3. The summed E-state index contributed by atoms with van der Waals surface area (Å²) in [6.07, 6.45) is 1.69. The Hall–Kier alpha value is -2.52. The molecule has 0 aliphatic heterocycles. The van der Waals surface area contributed by atoms with E-state index in [1.165, 1.54) is 5.56 Å². The molecule has 0 radical (unpaired) electrons. The van der Waals surface area contributed by atoms with Crippen LogP contribution in [-0.2, 0) is 6.54 Å². The molecule has 0 spiro atoms. The first-order valence-electron chi connectivity index (χ1n) is 7.46. The van der Waals surface area contributed by atoms with Gasteiger partial charge in [-0.3, -0.25) is 0 Å². The van der Waals surface area contributed by atoms with E-state index >= 15 is 0 Å². The molecule has 2 aromatic carbocycles. The fourth-order valence-corrected chi connectivity index (χ4v) is 2.99. The van der Waals surface area contributed by atoms with Crippen LogP contribution in [0, 0.1) is 6.92 Å². The van der Waals surface area contributed by atoms with Crippen LogP contribution in [0.25, 0.3) is 22.4 Å². The average molecular weight is 323 g/mol. The molecule has 0 atom stereocenters. The quantitative estimate of drug-likeness (QED) is 0.512. The Kier molecular flexibility index (Phi) is 3.43. The first-order valence-corrected chi connectivity index (χ1v) is 7.84. The number of imidazole rings is 1. The van der Waals surface area contributed by atoms with E-state index in [1.807, 2.05) is 36.4 Å². The van der Waals surface area contributed by atoms with Crippen molar-refractivity contribution >= 4 is 22.6 Å². The number of hydrogen-bond acceptors (Lipinski definition) is 2. The Balaban J connectivity index is 1.95. The lowest BCUT2D eigenvalue weighted by atomic mass is 10.1. The molecule has 0 unspecified atom stereocenters. The highest BCUT2D eigenvalue weighted by Gasteiger charge is 2.14. The van der Waals surface area contributed by atoms with Gasteiger partial charge in [0.1, 0.15) is 11.6 Å². The molecule has 0 aliphatic carbocycles. The third kappa shape index (κ3) is 2.64. The van der Waals surface area contributed by atoms with Crippen LogP contribution in [0.2, 0.25) is 5.02 Å². The lowest BCUT2D eigenvalue weighted by Crippen LogP contribution is -2.01. The van der Waals surface area contributed by atoms with E-state index in [0.717, 1.165) is 28.2 Å². The van der Waals surface area contributed by atoms with Crippen molar-refractivity contribution in [3.05, 3.63) is 77.2 Å². The summed E-state index contributed by atoms with van der Waals surface area (Å²) in [6.45, 7) is 2.70. The molecule has 4 rings (SSSR count). The molecule has 2 heterocycles. The molecular weight excluding hydrogens is 308 g/mol. The van der Waals surface area contributed by atoms with Crippen molar-refractivity contribution in [3.8, 4) is 11.4 Å². The molecule has 23 heavy (non-hydrogen) atoms. The second-order valence-corrected chi connectivity index (χ2v) is 6.04. The summed E-state index contributed by atoms with van der Waals surface area (Å²) < 4.78 is 7.67. The molecule has 0 bridgehead atoms. The maximum atomic E-state index is 6.19. The zero-order valence-corrected chi connectivity index (χ0v) is 13.4. The SMILES string of the molecule is Cc1cccc(-c2nc3ccc(Cl)cc3n2Cc2ccco2)c1. The number of halogens is 1. The van der Waals surface area contributed by atoms with Crippen LogP contribution in [0.5, 0.6) is 0 Å². The van der Waals surface area contributed by atoms with Crippen molar-refractivity contribution in [1.82, 2.24) is 9.55 Å². The molecule has 0 fully saturated rings. The number of hydrogen-bond donors (Lipinski definition) is 0. The Bertz CT molecular complexity index is 970. The number of aryl methyl sites for hydroxylation is 1. The number of aromatic nitrogens is 2. The van der Waals surface area contributed by atoms with Gasteiger partial charge >= 0.3 is 0 Å². The van der Waals surface area contributed by atoms with Gasteiger partial charge in [0.25, 0.3) is 0 Å². The molecule has 0 saturated heterocycles. The Labute approximate surface area is 139 Å². The molecule has 0 saturated carbocycles. The van der Waals surface area contributed by atoms with Gasteiger partial charge < -0.3 is 8.98 Å². The van der Waals surface area contributed by atoms with Crippen molar-refractivity contribution in [2.75, 3.05) is 0 Å². The minimum absolute atomic E-state index is 0.618. The van der Waals surface area contributed by atoms with Crippen LogP contribution in [0.1, 0.15) is 11.3 Å². The standard InChI is InChI=1S/C19H15ClN2O/c1-13-4-2-5-14(10-13)19-21-17-8-7-15(20)11-18(17)22(19)12-16-6-3-9-23-16/h2-11H,12H2,1H3. The largest absolute Gasteiger partial charge is 0.467 e. The van der Waals surface area contributed by atoms with Gasteiger partial charge in [0.15, 0.2) is 0 Å². The van der Waals surface area contributed by atoms with E-state index in [1.54, 1.807) is 6.26 Å². The summed E-state index contributed by atoms with van der Waals surface area (Å²) in [7, 11) is 0. The Morgan fingerprint density at radius 2 is 2.00 bits per heavy atom. The van der Waals surface area contributed by atoms with Gasteiger partial charge in [-0.05, 0) is 43.3 Å². The molecular formula is C19H15ClN2O. The van der Waals surface area contributed by atoms with Crippen LogP contribution in [0.15, 0.2) is 65.3 Å². The molecule has 0 aliphatic rings. The van der Waals surface area contributed by atoms with Crippen molar-refractivity contribution < 1.29 is 4.42 Å². The van der Waals surface area contributed by atoms with E-state index in [4.69, 9.17) is 21.0 Å². The number of nitrogens with zero attached hydrogens (tertiary/aromatic N) is 2. The number of benzene rings is 2. The summed E-state index contributed by atoms with van der Waals surface area (Å²) in [6, 6.07) is 18.0. The maximum absolute atomic E-state index is 6.19. The average Bonchev–Trinajstić information content (AvgIpc) is 3.16. The van der Waals surface area contributed by atoms with Gasteiger partial charge in [0.05, 0.1) is 23.8 Å². The second kappa shape index (κ2) is 5.60. The monoisotopic (exact) mass is 322 g/mol. The normalized spacial score (nSPS) is 11.2. The first kappa shape index (κ1) is 14.1. The zero-order chi connectivity index (χ0) is 15.8. The summed E-state index contributed by atoms with van der Waals surface area (Å²) >= 11 is 6.19. The highest BCUT2D eigenvalue weighted by molar-refractivity contribution is 6.31. The first-order chi connectivity index (χ1) is 11.2. The Morgan fingerprint density at radius 3 is 2.78 bits per heavy atom. The summed E-state index contributed by atoms with van der Waals surface area (Å²) in [5, 5.41) is 0.703. The van der Waals surface area contributed by atoms with E-state index in [-0.39, 0.29) is 0 Å². The molecule has 4 aromatic rings. The summed E-state index contributed by atoms with van der Waals surface area (Å²) in [5.41, 5.74) is 4.23. The highest BCUT2D eigenvalue weighted by Crippen LogP contribution is 2.28. The lowest BCUT2D eigenvalue weighted by molar-refractivity contribution is 0.497. The lowest BCUT2D eigenvalue weighted by Gasteiger charge is -2.08. The smallest absolute Gasteiger partial charge is 0.141 e. The maximum Gasteiger partial charge on any atom is 0.141 e. The van der Waals surface area contributed by atoms with E-state index in [9.17, 15) is 0 Å². The topological polar surface area (TPSA) is 31.0 Å². The van der Waals surface area contributed by atoms with Crippen LogP contribution < -0.4 is 0 Å². The third-order valence-electron chi connectivity index (χ3n) is 3.88. The summed E-state index contributed by atoms with van der Waals surface area (Å²) in [5.74, 6) is 1.81.